The van der Waals surface area contributed by atoms with Gasteiger partial charge in [-0.25, -0.2) is 12.4 Å². The van der Waals surface area contributed by atoms with Gasteiger partial charge in [0, 0.05) is 17.6 Å². The zero-order valence-electron chi connectivity index (χ0n) is 9.88. The van der Waals surface area contributed by atoms with Crippen LogP contribution in [0.2, 0.25) is 0 Å². The van der Waals surface area contributed by atoms with E-state index in [0.717, 1.165) is 12.5 Å². The van der Waals surface area contributed by atoms with Crippen LogP contribution in [-0.2, 0) is 16.2 Å². The fourth-order valence-electron chi connectivity index (χ4n) is 1.81. The van der Waals surface area contributed by atoms with E-state index in [1.165, 1.54) is 6.07 Å². The quantitative estimate of drug-likeness (QED) is 0.630. The number of nitrogens with zero attached hydrogens (tertiary/aromatic N) is 2. The van der Waals surface area contributed by atoms with Crippen molar-refractivity contribution in [3.8, 4) is 0 Å². The second kappa shape index (κ2) is 4.20. The molecule has 2 aromatic rings. The van der Waals surface area contributed by atoms with Gasteiger partial charge in [-0.05, 0) is 12.1 Å². The first-order valence-electron chi connectivity index (χ1n) is 5.09. The van der Waals surface area contributed by atoms with E-state index in [1.807, 2.05) is 0 Å². The molecule has 0 fully saturated rings. The zero-order chi connectivity index (χ0) is 15.3. The molecule has 2 rings (SSSR count). The number of alkyl halides is 3. The number of nitro groups is 1. The summed E-state index contributed by atoms with van der Waals surface area (Å²) in [6, 6.07) is 2.37. The Morgan fingerprint density at radius 3 is 2.35 bits per heavy atom. The van der Waals surface area contributed by atoms with Gasteiger partial charge in [0.2, 0.25) is 10.0 Å². The smallest absolute Gasteiger partial charge is 0.258 e. The molecular weight excluding hydrogens is 301 g/mol. The first-order valence-corrected chi connectivity index (χ1v) is 6.94. The lowest BCUT2D eigenvalue weighted by Crippen LogP contribution is -2.11. The molecule has 1 heterocycles. The van der Waals surface area contributed by atoms with Gasteiger partial charge in [-0.2, -0.15) is 13.2 Å². The highest BCUT2D eigenvalue weighted by atomic mass is 32.2. The molecule has 0 saturated carbocycles. The highest BCUT2D eigenvalue weighted by Crippen LogP contribution is 2.38. The third kappa shape index (κ3) is 2.33. The summed E-state index contributed by atoms with van der Waals surface area (Å²) >= 11 is 0. The molecule has 0 aliphatic rings. The van der Waals surface area contributed by atoms with Crippen LogP contribution in [-0.4, -0.2) is 23.6 Å². The fraction of sp³-hybridized carbons (Fsp3) is 0.200. The van der Waals surface area contributed by atoms with Crippen LogP contribution in [0.1, 0.15) is 5.56 Å². The van der Waals surface area contributed by atoms with E-state index in [9.17, 15) is 31.7 Å². The van der Waals surface area contributed by atoms with Crippen molar-refractivity contribution in [1.82, 2.24) is 3.97 Å². The van der Waals surface area contributed by atoms with Crippen LogP contribution in [0.15, 0.2) is 24.4 Å². The van der Waals surface area contributed by atoms with Crippen LogP contribution in [0.25, 0.3) is 10.9 Å². The summed E-state index contributed by atoms with van der Waals surface area (Å²) in [5.41, 5.74) is -2.86. The molecule has 0 radical (unpaired) electrons. The first-order chi connectivity index (χ1) is 9.01. The van der Waals surface area contributed by atoms with Crippen LogP contribution >= 0.6 is 0 Å². The average Bonchev–Trinajstić information content (AvgIpc) is 2.67. The van der Waals surface area contributed by atoms with E-state index < -0.39 is 32.4 Å². The third-order valence-corrected chi connectivity index (χ3v) is 3.66. The minimum absolute atomic E-state index is 0.0372. The summed E-state index contributed by atoms with van der Waals surface area (Å²) in [7, 11) is -3.80. The number of hydrogen-bond donors (Lipinski definition) is 0. The largest absolute Gasteiger partial charge is 0.423 e. The maximum atomic E-state index is 12.8. The van der Waals surface area contributed by atoms with Gasteiger partial charge in [-0.3, -0.25) is 10.1 Å². The van der Waals surface area contributed by atoms with Crippen LogP contribution < -0.4 is 0 Å². The molecule has 0 amide bonds. The summed E-state index contributed by atoms with van der Waals surface area (Å²) in [4.78, 5) is 9.54. The van der Waals surface area contributed by atoms with E-state index in [4.69, 9.17) is 0 Å². The van der Waals surface area contributed by atoms with Gasteiger partial charge in [0.05, 0.1) is 16.7 Å². The van der Waals surface area contributed by atoms with Gasteiger partial charge < -0.3 is 0 Å². The van der Waals surface area contributed by atoms with Gasteiger partial charge in [-0.15, -0.1) is 0 Å². The lowest BCUT2D eigenvalue weighted by atomic mass is 10.1. The Balaban J connectivity index is 2.90. The number of nitro benzene ring substituents is 1. The molecule has 0 N–H and O–H groups in total. The van der Waals surface area contributed by atoms with Crippen LogP contribution in [0.5, 0.6) is 0 Å². The number of fused-ring (bicyclic) bond motifs is 1. The molecule has 0 aliphatic heterocycles. The predicted octanol–water partition coefficient (Wildman–Crippen LogP) is 2.38. The van der Waals surface area contributed by atoms with Gasteiger partial charge in [-0.1, -0.05) is 0 Å². The van der Waals surface area contributed by atoms with Gasteiger partial charge in [0.15, 0.2) is 0 Å². The molecule has 0 unspecified atom stereocenters. The third-order valence-electron chi connectivity index (χ3n) is 2.63. The first kappa shape index (κ1) is 14.3. The molecule has 1 aromatic carbocycles. The molecule has 0 atom stereocenters. The number of rotatable bonds is 2. The number of benzene rings is 1. The molecule has 0 bridgehead atoms. The Hall–Kier alpha value is -2.10. The van der Waals surface area contributed by atoms with Gasteiger partial charge in [0.1, 0.15) is 5.56 Å². The number of aromatic nitrogens is 1. The maximum absolute atomic E-state index is 12.8. The van der Waals surface area contributed by atoms with E-state index >= 15 is 0 Å². The minimum Gasteiger partial charge on any atom is -0.258 e. The lowest BCUT2D eigenvalue weighted by Gasteiger charge is -2.09. The van der Waals surface area contributed by atoms with Crippen molar-refractivity contribution < 1.29 is 26.5 Å². The number of hydrogen-bond acceptors (Lipinski definition) is 4. The number of halogens is 3. The summed E-state index contributed by atoms with van der Waals surface area (Å²) in [5.74, 6) is 0. The van der Waals surface area contributed by atoms with E-state index in [1.54, 1.807) is 0 Å². The van der Waals surface area contributed by atoms with Crippen molar-refractivity contribution in [3.05, 3.63) is 40.1 Å². The molecule has 0 saturated heterocycles. The van der Waals surface area contributed by atoms with Gasteiger partial charge in [0.25, 0.3) is 5.69 Å². The highest BCUT2D eigenvalue weighted by Gasteiger charge is 2.39. The summed E-state index contributed by atoms with van der Waals surface area (Å²) in [6.45, 7) is 0. The van der Waals surface area contributed by atoms with Crippen LogP contribution in [0.3, 0.4) is 0 Å². The van der Waals surface area contributed by atoms with Crippen molar-refractivity contribution in [2.24, 2.45) is 0 Å². The Morgan fingerprint density at radius 2 is 1.90 bits per heavy atom. The molecule has 1 aromatic heterocycles. The van der Waals surface area contributed by atoms with Gasteiger partial charge >= 0.3 is 6.18 Å². The second-order valence-corrected chi connectivity index (χ2v) is 5.92. The van der Waals surface area contributed by atoms with E-state index in [0.29, 0.717) is 16.1 Å². The van der Waals surface area contributed by atoms with Crippen LogP contribution in [0, 0.1) is 10.1 Å². The Morgan fingerprint density at radius 1 is 1.30 bits per heavy atom. The summed E-state index contributed by atoms with van der Waals surface area (Å²) < 4.78 is 61.9. The van der Waals surface area contributed by atoms with Crippen molar-refractivity contribution in [1.29, 1.82) is 0 Å². The van der Waals surface area contributed by atoms with E-state index in [-0.39, 0.29) is 10.9 Å². The molecule has 10 heteroatoms. The SMILES string of the molecule is CS(=O)(=O)n1ccc2cc([N+](=O)[O-])c(C(F)(F)F)cc21. The highest BCUT2D eigenvalue weighted by molar-refractivity contribution is 7.89. The molecule has 108 valence electrons. The normalized spacial score (nSPS) is 12.8. The average molecular weight is 308 g/mol. The maximum Gasteiger partial charge on any atom is 0.423 e. The van der Waals surface area contributed by atoms with Crippen molar-refractivity contribution in [2.75, 3.05) is 6.26 Å². The Kier molecular flexibility index (Phi) is 3.00. The Labute approximate surface area is 110 Å². The molecule has 0 aliphatic carbocycles. The Bertz CT molecular complexity index is 808. The predicted molar refractivity (Wildman–Crippen MR) is 63.8 cm³/mol. The second-order valence-electron chi connectivity index (χ2n) is 4.06. The summed E-state index contributed by atoms with van der Waals surface area (Å²) in [5, 5.41) is 10.7. The molecule has 20 heavy (non-hydrogen) atoms. The topological polar surface area (TPSA) is 82.2 Å². The van der Waals surface area contributed by atoms with Crippen molar-refractivity contribution in [3.63, 3.8) is 0 Å². The molecular formula is C10H7F3N2O4S. The van der Waals surface area contributed by atoms with Crippen molar-refractivity contribution >= 4 is 26.6 Å². The minimum atomic E-state index is -4.96. The zero-order valence-corrected chi connectivity index (χ0v) is 10.7. The van der Waals surface area contributed by atoms with Crippen molar-refractivity contribution in [2.45, 2.75) is 6.18 Å². The molecule has 6 nitrogen and oxygen atoms in total. The van der Waals surface area contributed by atoms with Crippen LogP contribution in [0.4, 0.5) is 18.9 Å². The standard InChI is InChI=1S/C10H7F3N2O4S/c1-20(18,19)14-3-2-6-4-9(15(16)17)7(5-8(6)14)10(11,12)13/h2-5H,1H3. The monoisotopic (exact) mass is 308 g/mol. The van der Waals surface area contributed by atoms with E-state index in [2.05, 4.69) is 0 Å². The molecule has 0 spiro atoms. The summed E-state index contributed by atoms with van der Waals surface area (Å²) in [6.07, 6.45) is -3.09. The fourth-order valence-corrected chi connectivity index (χ4v) is 2.61. The lowest BCUT2D eigenvalue weighted by molar-refractivity contribution is -0.387.